The minimum atomic E-state index is -1.22. The van der Waals surface area contributed by atoms with Crippen molar-refractivity contribution in [1.82, 2.24) is 14.3 Å². The smallest absolute Gasteiger partial charge is 0.239 e. The van der Waals surface area contributed by atoms with Crippen LogP contribution in [0.1, 0.15) is 0 Å². The summed E-state index contributed by atoms with van der Waals surface area (Å²) in [7, 11) is 3.52. The summed E-state index contributed by atoms with van der Waals surface area (Å²) in [5.74, 6) is 0.648. The van der Waals surface area contributed by atoms with Gasteiger partial charge in [0.2, 0.25) is 11.1 Å². The Labute approximate surface area is 150 Å². The molecular weight excluding hydrogens is 350 g/mol. The fourth-order valence-corrected chi connectivity index (χ4v) is 3.62. The Morgan fingerprint density at radius 2 is 2.00 bits per heavy atom. The molecule has 10 nitrogen and oxygen atoms in total. The summed E-state index contributed by atoms with van der Waals surface area (Å²) in [5, 5.41) is 33.2. The summed E-state index contributed by atoms with van der Waals surface area (Å²) in [6.45, 7) is 3.23. The van der Waals surface area contributed by atoms with E-state index in [0.29, 0.717) is 11.1 Å². The summed E-state index contributed by atoms with van der Waals surface area (Å²) in [6, 6.07) is -0.726. The number of nitrogens with one attached hydrogen (secondary N) is 1. The lowest BCUT2D eigenvalue weighted by Crippen LogP contribution is -2.61. The van der Waals surface area contributed by atoms with Crippen molar-refractivity contribution in [1.29, 1.82) is 0 Å². The monoisotopic (exact) mass is 375 g/mol. The third kappa shape index (κ3) is 4.03. The van der Waals surface area contributed by atoms with Gasteiger partial charge in [0, 0.05) is 44.8 Å². The van der Waals surface area contributed by atoms with E-state index in [-0.39, 0.29) is 0 Å². The Balaban J connectivity index is 1.67. The van der Waals surface area contributed by atoms with Crippen LogP contribution in [0.2, 0.25) is 0 Å². The van der Waals surface area contributed by atoms with E-state index < -0.39 is 37.3 Å². The van der Waals surface area contributed by atoms with Crippen LogP contribution in [0.15, 0.2) is 0 Å². The van der Waals surface area contributed by atoms with Crippen molar-refractivity contribution in [3.8, 4) is 0 Å². The molecule has 0 aliphatic carbocycles. The summed E-state index contributed by atoms with van der Waals surface area (Å²) < 4.78 is 15.1. The van der Waals surface area contributed by atoms with Gasteiger partial charge in [0.1, 0.15) is 24.4 Å². The van der Waals surface area contributed by atoms with Gasteiger partial charge in [-0.1, -0.05) is 0 Å². The Hall–Kier alpha value is -1.08. The lowest BCUT2D eigenvalue weighted by Gasteiger charge is -2.41. The highest BCUT2D eigenvalue weighted by molar-refractivity contribution is 7.09. The Morgan fingerprint density at radius 1 is 1.28 bits per heavy atom. The predicted molar refractivity (Wildman–Crippen MR) is 91.8 cm³/mol. The van der Waals surface area contributed by atoms with E-state index in [9.17, 15) is 15.3 Å². The Morgan fingerprint density at radius 3 is 2.64 bits per heavy atom. The van der Waals surface area contributed by atoms with E-state index in [4.69, 9.17) is 9.47 Å². The van der Waals surface area contributed by atoms with E-state index in [0.717, 1.165) is 26.2 Å². The maximum atomic E-state index is 10.3. The SMILES string of the molecule is COC1O[C@H](CO)[C@H](O)[C@H](O)[C@@H]1Nc1nc(N2CCN(C)CC2)ns1. The first kappa shape index (κ1) is 18.7. The lowest BCUT2D eigenvalue weighted by molar-refractivity contribution is -0.254. The molecule has 142 valence electrons. The zero-order valence-corrected chi connectivity index (χ0v) is 15.1. The first-order valence-electron chi connectivity index (χ1n) is 8.22. The Kier molecular flexibility index (Phi) is 6.04. The highest BCUT2D eigenvalue weighted by Crippen LogP contribution is 2.26. The molecule has 25 heavy (non-hydrogen) atoms. The second kappa shape index (κ2) is 8.08. The number of aromatic nitrogens is 2. The van der Waals surface area contributed by atoms with Gasteiger partial charge in [0.25, 0.3) is 0 Å². The normalized spacial score (nSPS) is 34.3. The molecule has 2 saturated heterocycles. The molecule has 5 atom stereocenters. The van der Waals surface area contributed by atoms with Crippen LogP contribution in [0, 0.1) is 0 Å². The maximum absolute atomic E-state index is 10.3. The summed E-state index contributed by atoms with van der Waals surface area (Å²) in [4.78, 5) is 8.83. The molecule has 1 unspecified atom stereocenters. The first-order valence-corrected chi connectivity index (χ1v) is 8.99. The molecule has 2 aliphatic heterocycles. The number of ether oxygens (including phenoxy) is 2. The molecule has 0 amide bonds. The molecular formula is C14H25N5O5S. The quantitative estimate of drug-likeness (QED) is 0.466. The van der Waals surface area contributed by atoms with Crippen LogP contribution in [-0.4, -0.2) is 107 Å². The van der Waals surface area contributed by atoms with Crippen LogP contribution in [0.3, 0.4) is 0 Å². The summed E-state index contributed by atoms with van der Waals surface area (Å²) >= 11 is 1.18. The largest absolute Gasteiger partial charge is 0.394 e. The molecule has 0 radical (unpaired) electrons. The molecule has 2 aliphatic rings. The molecule has 0 bridgehead atoms. The van der Waals surface area contributed by atoms with Crippen LogP contribution in [0.25, 0.3) is 0 Å². The van der Waals surface area contributed by atoms with Crippen molar-refractivity contribution in [3.05, 3.63) is 0 Å². The average Bonchev–Trinajstić information content (AvgIpc) is 3.08. The number of methoxy groups -OCH3 is 1. The van der Waals surface area contributed by atoms with Crippen molar-refractivity contribution in [3.63, 3.8) is 0 Å². The van der Waals surface area contributed by atoms with Crippen LogP contribution in [0.5, 0.6) is 0 Å². The molecule has 1 aromatic rings. The predicted octanol–water partition coefficient (Wildman–Crippen LogP) is -1.84. The summed E-state index contributed by atoms with van der Waals surface area (Å²) in [5.41, 5.74) is 0. The number of nitrogens with zero attached hydrogens (tertiary/aromatic N) is 4. The number of anilines is 2. The molecule has 0 spiro atoms. The van der Waals surface area contributed by atoms with E-state index >= 15 is 0 Å². The van der Waals surface area contributed by atoms with Crippen molar-refractivity contribution in [2.45, 2.75) is 30.6 Å². The molecule has 2 fully saturated rings. The lowest BCUT2D eigenvalue weighted by atomic mass is 9.97. The topological polar surface area (TPSA) is 123 Å². The molecule has 1 aromatic heterocycles. The fourth-order valence-electron chi connectivity index (χ4n) is 2.99. The second-order valence-corrected chi connectivity index (χ2v) is 7.05. The number of aliphatic hydroxyl groups is 3. The fraction of sp³-hybridized carbons (Fsp3) is 0.857. The molecule has 0 aromatic carbocycles. The Bertz CT molecular complexity index is 553. The standard InChI is InChI=1S/C14H25N5O5S/c1-18-3-5-19(6-4-18)13-16-14(25-17-13)15-9-11(22)10(21)8(7-20)24-12(9)23-2/h8-12,20-22H,3-7H2,1-2H3,(H,15,16,17)/t8-,9+,10+,11-,12?/m1/s1. The van der Waals surface area contributed by atoms with Gasteiger partial charge in [-0.25, -0.2) is 0 Å². The van der Waals surface area contributed by atoms with Crippen molar-refractivity contribution in [2.75, 3.05) is 57.2 Å². The van der Waals surface area contributed by atoms with Gasteiger partial charge in [-0.15, -0.1) is 0 Å². The number of likely N-dealkylation sites (N-methyl/N-ethyl adjacent to an activating group) is 1. The number of rotatable bonds is 5. The van der Waals surface area contributed by atoms with Gasteiger partial charge in [-0.2, -0.15) is 9.36 Å². The van der Waals surface area contributed by atoms with Gasteiger partial charge < -0.3 is 39.9 Å². The minimum Gasteiger partial charge on any atom is -0.394 e. The highest BCUT2D eigenvalue weighted by atomic mass is 32.1. The number of hydrogen-bond acceptors (Lipinski definition) is 11. The third-order valence-corrected chi connectivity index (χ3v) is 5.24. The van der Waals surface area contributed by atoms with Gasteiger partial charge in [0.05, 0.1) is 6.61 Å². The van der Waals surface area contributed by atoms with Gasteiger partial charge in [0.15, 0.2) is 6.29 Å². The second-order valence-electron chi connectivity index (χ2n) is 6.30. The van der Waals surface area contributed by atoms with E-state index in [1.54, 1.807) is 0 Å². The molecule has 3 rings (SSSR count). The summed E-state index contributed by atoms with van der Waals surface area (Å²) in [6.07, 6.45) is -4.12. The van der Waals surface area contributed by atoms with Crippen molar-refractivity contribution < 1.29 is 24.8 Å². The third-order valence-electron chi connectivity index (χ3n) is 4.60. The zero-order chi connectivity index (χ0) is 18.0. The van der Waals surface area contributed by atoms with Crippen LogP contribution < -0.4 is 10.2 Å². The van der Waals surface area contributed by atoms with E-state index in [1.807, 2.05) is 0 Å². The maximum Gasteiger partial charge on any atom is 0.239 e. The number of piperazine rings is 1. The molecule has 4 N–H and O–H groups in total. The van der Waals surface area contributed by atoms with Crippen LogP contribution in [-0.2, 0) is 9.47 Å². The van der Waals surface area contributed by atoms with Crippen LogP contribution in [0.4, 0.5) is 11.1 Å². The van der Waals surface area contributed by atoms with Crippen molar-refractivity contribution >= 4 is 22.6 Å². The number of aliphatic hydroxyl groups excluding tert-OH is 3. The number of hydrogen-bond donors (Lipinski definition) is 4. The average molecular weight is 375 g/mol. The van der Waals surface area contributed by atoms with E-state index in [1.165, 1.54) is 18.6 Å². The van der Waals surface area contributed by atoms with Gasteiger partial charge in [-0.05, 0) is 7.05 Å². The molecule has 3 heterocycles. The molecule has 11 heteroatoms. The first-order chi connectivity index (χ1) is 12.0. The van der Waals surface area contributed by atoms with Crippen LogP contribution >= 0.6 is 11.5 Å². The molecule has 0 saturated carbocycles. The van der Waals surface area contributed by atoms with Crippen molar-refractivity contribution in [2.24, 2.45) is 0 Å². The minimum absolute atomic E-state index is 0.406. The van der Waals surface area contributed by atoms with Gasteiger partial charge in [-0.3, -0.25) is 0 Å². The van der Waals surface area contributed by atoms with E-state index in [2.05, 4.69) is 31.5 Å². The van der Waals surface area contributed by atoms with Gasteiger partial charge >= 0.3 is 0 Å². The zero-order valence-electron chi connectivity index (χ0n) is 14.3. The highest BCUT2D eigenvalue weighted by Gasteiger charge is 2.45.